The number of aliphatic carboxylic acids is 1. The first-order valence-electron chi connectivity index (χ1n) is 6.57. The van der Waals surface area contributed by atoms with Gasteiger partial charge in [-0.15, -0.1) is 0 Å². The number of benzene rings is 2. The molecule has 0 aliphatic carbocycles. The van der Waals surface area contributed by atoms with Crippen molar-refractivity contribution in [3.63, 3.8) is 0 Å². The van der Waals surface area contributed by atoms with Gasteiger partial charge in [0.05, 0.1) is 6.42 Å². The zero-order valence-electron chi connectivity index (χ0n) is 11.7. The van der Waals surface area contributed by atoms with E-state index in [2.05, 4.69) is 0 Å². The Morgan fingerprint density at radius 1 is 1.00 bits per heavy atom. The lowest BCUT2D eigenvalue weighted by Gasteiger charge is -2.25. The van der Waals surface area contributed by atoms with Gasteiger partial charge in [-0.05, 0) is 12.5 Å². The number of rotatable bonds is 5. The lowest BCUT2D eigenvalue weighted by Crippen LogP contribution is -2.38. The minimum absolute atomic E-state index is 0.0382. The lowest BCUT2D eigenvalue weighted by atomic mass is 9.96. The zero-order chi connectivity index (χ0) is 15.3. The van der Waals surface area contributed by atoms with Crippen LogP contribution < -0.4 is 0 Å². The van der Waals surface area contributed by atoms with Gasteiger partial charge < -0.3 is 9.84 Å². The third-order valence-electron chi connectivity index (χ3n) is 3.24. The Morgan fingerprint density at radius 2 is 1.52 bits per heavy atom. The first kappa shape index (κ1) is 14.8. The maximum atomic E-state index is 12.0. The average molecular weight is 284 g/mol. The Kier molecular flexibility index (Phi) is 4.38. The van der Waals surface area contributed by atoms with Crippen molar-refractivity contribution < 1.29 is 19.4 Å². The van der Waals surface area contributed by atoms with Crippen molar-refractivity contribution in [2.75, 3.05) is 0 Å². The molecule has 0 heterocycles. The van der Waals surface area contributed by atoms with Gasteiger partial charge in [0.2, 0.25) is 5.60 Å². The zero-order valence-corrected chi connectivity index (χ0v) is 11.7. The molecular formula is C17H16O4. The van der Waals surface area contributed by atoms with Crippen LogP contribution in [0, 0.1) is 0 Å². The molecule has 0 aromatic heterocycles. The van der Waals surface area contributed by atoms with Crippen LogP contribution >= 0.6 is 0 Å². The summed E-state index contributed by atoms with van der Waals surface area (Å²) >= 11 is 0. The van der Waals surface area contributed by atoms with E-state index in [1.165, 1.54) is 6.92 Å². The number of ether oxygens (including phenoxy) is 1. The van der Waals surface area contributed by atoms with Gasteiger partial charge in [-0.25, -0.2) is 4.79 Å². The van der Waals surface area contributed by atoms with E-state index in [1.54, 1.807) is 42.5 Å². The minimum Gasteiger partial charge on any atom is -0.478 e. The molecule has 4 heteroatoms. The van der Waals surface area contributed by atoms with Gasteiger partial charge >= 0.3 is 11.9 Å². The summed E-state index contributed by atoms with van der Waals surface area (Å²) < 4.78 is 5.25. The second-order valence-corrected chi connectivity index (χ2v) is 4.84. The molecule has 21 heavy (non-hydrogen) atoms. The fourth-order valence-electron chi connectivity index (χ4n) is 2.01. The van der Waals surface area contributed by atoms with E-state index in [0.29, 0.717) is 5.56 Å². The molecule has 0 aliphatic heterocycles. The highest BCUT2D eigenvalue weighted by molar-refractivity contribution is 5.83. The molecule has 0 bridgehead atoms. The van der Waals surface area contributed by atoms with E-state index in [9.17, 15) is 14.7 Å². The molecule has 0 fully saturated rings. The summed E-state index contributed by atoms with van der Waals surface area (Å²) in [6.07, 6.45) is 0.0382. The van der Waals surface area contributed by atoms with Gasteiger partial charge in [0.1, 0.15) is 0 Å². The highest BCUT2D eigenvalue weighted by atomic mass is 16.6. The summed E-state index contributed by atoms with van der Waals surface area (Å²) in [5.74, 6) is -1.77. The van der Waals surface area contributed by atoms with E-state index >= 15 is 0 Å². The summed E-state index contributed by atoms with van der Waals surface area (Å²) in [7, 11) is 0. The molecule has 0 radical (unpaired) electrons. The van der Waals surface area contributed by atoms with E-state index < -0.39 is 17.5 Å². The number of carboxylic acid groups (broad SMARTS) is 1. The highest BCUT2D eigenvalue weighted by Gasteiger charge is 2.39. The van der Waals surface area contributed by atoms with Crippen LogP contribution in [-0.4, -0.2) is 17.0 Å². The van der Waals surface area contributed by atoms with Gasteiger partial charge in [-0.3, -0.25) is 4.79 Å². The third kappa shape index (κ3) is 3.48. The van der Waals surface area contributed by atoms with Crippen molar-refractivity contribution in [3.05, 3.63) is 71.8 Å². The summed E-state index contributed by atoms with van der Waals surface area (Å²) in [6.45, 7) is 1.38. The normalized spacial score (nSPS) is 13.2. The molecule has 0 amide bonds. The monoisotopic (exact) mass is 284 g/mol. The molecule has 4 nitrogen and oxygen atoms in total. The first-order chi connectivity index (χ1) is 10.0. The molecule has 2 rings (SSSR count). The first-order valence-corrected chi connectivity index (χ1v) is 6.57. The fourth-order valence-corrected chi connectivity index (χ4v) is 2.01. The molecule has 1 atom stereocenters. The third-order valence-corrected chi connectivity index (χ3v) is 3.24. The smallest absolute Gasteiger partial charge is 0.352 e. The van der Waals surface area contributed by atoms with Gasteiger partial charge in [0.25, 0.3) is 0 Å². The van der Waals surface area contributed by atoms with E-state index in [1.807, 2.05) is 18.2 Å². The van der Waals surface area contributed by atoms with Crippen molar-refractivity contribution in [2.24, 2.45) is 0 Å². The van der Waals surface area contributed by atoms with E-state index in [0.717, 1.165) is 5.56 Å². The number of carbonyl (C=O) groups excluding carboxylic acids is 1. The van der Waals surface area contributed by atoms with Gasteiger partial charge in [0.15, 0.2) is 0 Å². The quantitative estimate of drug-likeness (QED) is 0.857. The highest BCUT2D eigenvalue weighted by Crippen LogP contribution is 2.26. The number of esters is 1. The fraction of sp³-hybridized carbons (Fsp3) is 0.176. The van der Waals surface area contributed by atoms with Crippen molar-refractivity contribution >= 4 is 11.9 Å². The Labute approximate surface area is 123 Å². The maximum absolute atomic E-state index is 12.0. The average Bonchev–Trinajstić information content (AvgIpc) is 2.48. The van der Waals surface area contributed by atoms with Crippen LogP contribution in [0.3, 0.4) is 0 Å². The van der Waals surface area contributed by atoms with Crippen LogP contribution in [0.4, 0.5) is 0 Å². The lowest BCUT2D eigenvalue weighted by molar-refractivity contribution is -0.177. The van der Waals surface area contributed by atoms with Crippen LogP contribution in [0.5, 0.6) is 0 Å². The molecule has 1 unspecified atom stereocenters. The summed E-state index contributed by atoms with van der Waals surface area (Å²) in [4.78, 5) is 23.6. The molecule has 0 aliphatic rings. The topological polar surface area (TPSA) is 63.6 Å². The van der Waals surface area contributed by atoms with Crippen molar-refractivity contribution in [3.8, 4) is 0 Å². The van der Waals surface area contributed by atoms with Crippen LogP contribution in [0.1, 0.15) is 18.1 Å². The maximum Gasteiger partial charge on any atom is 0.352 e. The molecule has 0 saturated carbocycles. The predicted molar refractivity (Wildman–Crippen MR) is 77.7 cm³/mol. The standard InChI is InChI=1S/C17H16O4/c1-17(16(19)20,14-10-6-3-7-11-14)21-15(18)12-13-8-4-2-5-9-13/h2-11H,12H2,1H3,(H,19,20). The Bertz CT molecular complexity index is 622. The minimum atomic E-state index is -1.69. The van der Waals surface area contributed by atoms with E-state index in [-0.39, 0.29) is 6.42 Å². The second kappa shape index (κ2) is 6.22. The van der Waals surface area contributed by atoms with Crippen LogP contribution in [0.2, 0.25) is 0 Å². The molecule has 1 N–H and O–H groups in total. The summed E-state index contributed by atoms with van der Waals surface area (Å²) in [5.41, 5.74) is -0.477. The van der Waals surface area contributed by atoms with Gasteiger partial charge in [-0.2, -0.15) is 0 Å². The Morgan fingerprint density at radius 3 is 2.05 bits per heavy atom. The Hall–Kier alpha value is -2.62. The van der Waals surface area contributed by atoms with Crippen LogP contribution in [0.25, 0.3) is 0 Å². The summed E-state index contributed by atoms with van der Waals surface area (Å²) in [5, 5.41) is 9.42. The number of hydrogen-bond acceptors (Lipinski definition) is 3. The van der Waals surface area contributed by atoms with Crippen molar-refractivity contribution in [1.29, 1.82) is 0 Å². The predicted octanol–water partition coefficient (Wildman–Crippen LogP) is 2.77. The molecule has 2 aromatic rings. The van der Waals surface area contributed by atoms with Crippen LogP contribution in [0.15, 0.2) is 60.7 Å². The summed E-state index contributed by atoms with van der Waals surface area (Å²) in [6, 6.07) is 17.5. The molecule has 2 aromatic carbocycles. The number of carbonyl (C=O) groups is 2. The largest absolute Gasteiger partial charge is 0.478 e. The molecule has 0 saturated heterocycles. The van der Waals surface area contributed by atoms with E-state index in [4.69, 9.17) is 4.74 Å². The van der Waals surface area contributed by atoms with Crippen LogP contribution in [-0.2, 0) is 26.3 Å². The second-order valence-electron chi connectivity index (χ2n) is 4.84. The SMILES string of the molecule is CC(OC(=O)Cc1ccccc1)(C(=O)O)c1ccccc1. The van der Waals surface area contributed by atoms with Gasteiger partial charge in [0, 0.05) is 5.56 Å². The molecule has 0 spiro atoms. The number of carboxylic acids is 1. The molecular weight excluding hydrogens is 268 g/mol. The Balaban J connectivity index is 2.17. The molecule has 108 valence electrons. The van der Waals surface area contributed by atoms with Crippen molar-refractivity contribution in [1.82, 2.24) is 0 Å². The van der Waals surface area contributed by atoms with Gasteiger partial charge in [-0.1, -0.05) is 60.7 Å². The van der Waals surface area contributed by atoms with Crippen molar-refractivity contribution in [2.45, 2.75) is 18.9 Å². The number of hydrogen-bond donors (Lipinski definition) is 1.